The Balaban J connectivity index is 1.73. The van der Waals surface area contributed by atoms with Crippen LogP contribution in [-0.2, 0) is 11.2 Å². The van der Waals surface area contributed by atoms with E-state index in [2.05, 4.69) is 12.1 Å². The Labute approximate surface area is 224 Å². The summed E-state index contributed by atoms with van der Waals surface area (Å²) in [6.07, 6.45) is 0. The maximum atomic E-state index is 13.3. The van der Waals surface area contributed by atoms with Crippen LogP contribution < -0.4 is 0 Å². The smallest absolute Gasteiger partial charge is 0.201 e. The Morgan fingerprint density at radius 2 is 1.08 bits per heavy atom. The second-order valence-electron chi connectivity index (χ2n) is 9.36. The summed E-state index contributed by atoms with van der Waals surface area (Å²) in [4.78, 5) is 15.0. The number of aryl methyl sites for hydroxylation is 4. The van der Waals surface area contributed by atoms with Crippen molar-refractivity contribution in [3.63, 3.8) is 0 Å². The molecule has 0 aliphatic carbocycles. The summed E-state index contributed by atoms with van der Waals surface area (Å²) in [5.41, 5.74) is 6.21. The van der Waals surface area contributed by atoms with Gasteiger partial charge in [-0.2, -0.15) is 0 Å². The van der Waals surface area contributed by atoms with Gasteiger partial charge in [-0.15, -0.1) is 0 Å². The van der Waals surface area contributed by atoms with Crippen molar-refractivity contribution < 1.29 is 14.8 Å². The van der Waals surface area contributed by atoms with Crippen LogP contribution in [0, 0.1) is 27.7 Å². The van der Waals surface area contributed by atoms with E-state index in [1.165, 1.54) is 12.1 Å². The topological polar surface area (TPSA) is 102 Å². The first-order chi connectivity index (χ1) is 18.2. The lowest BCUT2D eigenvalue weighted by atomic mass is 10.0. The summed E-state index contributed by atoms with van der Waals surface area (Å²) in [5.74, 6) is 0.641. The number of rotatable bonds is 5. The number of hydrogen-bond donors (Lipinski definition) is 2. The van der Waals surface area contributed by atoms with Gasteiger partial charge in [0.15, 0.2) is 28.1 Å². The molecule has 0 bridgehead atoms. The normalized spacial score (nSPS) is 11.9. The molecule has 5 rings (SSSR count). The number of benzene rings is 4. The molecule has 38 heavy (non-hydrogen) atoms. The highest BCUT2D eigenvalue weighted by atomic mass is 32.2. The van der Waals surface area contributed by atoms with Crippen LogP contribution in [0.4, 0.5) is 0 Å². The molecule has 190 valence electrons. The van der Waals surface area contributed by atoms with E-state index in [9.17, 15) is 14.8 Å². The Hall–Kier alpha value is -4.20. The number of phenols is 2. The minimum atomic E-state index is -1.68. The van der Waals surface area contributed by atoms with Gasteiger partial charge in [0.25, 0.3) is 0 Å². The van der Waals surface area contributed by atoms with E-state index in [1.807, 2.05) is 58.0 Å². The number of aromatic hydroxyl groups is 2. The largest absolute Gasteiger partial charge is 0.606 e. The average Bonchev–Trinajstić information content (AvgIpc) is 2.88. The maximum Gasteiger partial charge on any atom is 0.201 e. The van der Waals surface area contributed by atoms with Crippen LogP contribution in [0.15, 0.2) is 88.7 Å². The molecule has 0 spiro atoms. The Bertz CT molecular complexity index is 1590. The van der Waals surface area contributed by atoms with Gasteiger partial charge in [-0.3, -0.25) is 0 Å². The number of phenolic OH excluding ortho intramolecular Hbond substituents is 2. The van der Waals surface area contributed by atoms with Gasteiger partial charge in [0.2, 0.25) is 4.90 Å². The van der Waals surface area contributed by atoms with Crippen LogP contribution in [0.25, 0.3) is 34.2 Å². The van der Waals surface area contributed by atoms with Crippen LogP contribution in [0.3, 0.4) is 0 Å². The van der Waals surface area contributed by atoms with Crippen molar-refractivity contribution in [1.82, 2.24) is 15.0 Å². The van der Waals surface area contributed by atoms with E-state index in [0.717, 1.165) is 33.4 Å². The molecule has 7 heteroatoms. The van der Waals surface area contributed by atoms with Crippen LogP contribution in [-0.4, -0.2) is 29.7 Å². The quantitative estimate of drug-likeness (QED) is 0.250. The minimum absolute atomic E-state index is 0.158. The molecular weight excluding hydrogens is 494 g/mol. The lowest BCUT2D eigenvalue weighted by molar-refractivity contribution is 0.440. The molecule has 1 heterocycles. The molecule has 1 aromatic heterocycles. The molecule has 0 aliphatic rings. The molecule has 0 saturated heterocycles. The van der Waals surface area contributed by atoms with Gasteiger partial charge >= 0.3 is 0 Å². The van der Waals surface area contributed by atoms with E-state index < -0.39 is 11.2 Å². The van der Waals surface area contributed by atoms with Crippen molar-refractivity contribution in [1.29, 1.82) is 0 Å². The van der Waals surface area contributed by atoms with Crippen molar-refractivity contribution in [2.45, 2.75) is 37.5 Å². The van der Waals surface area contributed by atoms with Gasteiger partial charge in [-0.05, 0) is 51.0 Å². The second kappa shape index (κ2) is 10.3. The summed E-state index contributed by atoms with van der Waals surface area (Å²) in [7, 11) is 0. The van der Waals surface area contributed by atoms with Gasteiger partial charge in [0, 0.05) is 34.4 Å². The van der Waals surface area contributed by atoms with Crippen molar-refractivity contribution in [3.8, 4) is 45.7 Å². The molecule has 0 aliphatic heterocycles. The van der Waals surface area contributed by atoms with Crippen LogP contribution in [0.2, 0.25) is 0 Å². The molecule has 4 aromatic carbocycles. The van der Waals surface area contributed by atoms with E-state index in [-0.39, 0.29) is 27.8 Å². The fraction of sp³-hybridized carbons (Fsp3) is 0.129. The molecule has 0 amide bonds. The van der Waals surface area contributed by atoms with Gasteiger partial charge in [0.1, 0.15) is 5.75 Å². The first-order valence-corrected chi connectivity index (χ1v) is 13.3. The first kappa shape index (κ1) is 25.4. The van der Waals surface area contributed by atoms with Crippen LogP contribution in [0.5, 0.6) is 11.5 Å². The number of aromatic nitrogens is 3. The molecule has 0 radical (unpaired) electrons. The van der Waals surface area contributed by atoms with E-state index in [4.69, 9.17) is 15.0 Å². The van der Waals surface area contributed by atoms with Crippen molar-refractivity contribution in [3.05, 3.63) is 101 Å². The van der Waals surface area contributed by atoms with Gasteiger partial charge < -0.3 is 14.8 Å². The monoisotopic (exact) mass is 521 g/mol. The van der Waals surface area contributed by atoms with Gasteiger partial charge in [-0.25, -0.2) is 15.0 Å². The summed E-state index contributed by atoms with van der Waals surface area (Å²) in [6.45, 7) is 8.06. The minimum Gasteiger partial charge on any atom is -0.606 e. The highest BCUT2D eigenvalue weighted by molar-refractivity contribution is 7.91. The summed E-state index contributed by atoms with van der Waals surface area (Å²) in [5, 5.41) is 21.4. The van der Waals surface area contributed by atoms with Gasteiger partial charge in [-0.1, -0.05) is 65.7 Å². The zero-order valence-electron chi connectivity index (χ0n) is 21.6. The van der Waals surface area contributed by atoms with Gasteiger partial charge in [0.05, 0.1) is 5.56 Å². The number of nitrogens with zero attached hydrogens (tertiary/aromatic N) is 3. The Morgan fingerprint density at radius 1 is 0.579 bits per heavy atom. The van der Waals surface area contributed by atoms with Crippen LogP contribution in [0.1, 0.15) is 22.3 Å². The zero-order valence-corrected chi connectivity index (χ0v) is 22.4. The molecule has 0 fully saturated rings. The lowest BCUT2D eigenvalue weighted by Crippen LogP contribution is -2.05. The van der Waals surface area contributed by atoms with Crippen LogP contribution >= 0.6 is 0 Å². The average molecular weight is 522 g/mol. The Morgan fingerprint density at radius 3 is 1.58 bits per heavy atom. The summed E-state index contributed by atoms with van der Waals surface area (Å²) < 4.78 is 13.3. The standard InChI is InChI=1S/C31H27N3O3S/c1-18-10-12-23(20(3)14-18)29-32-30(24-13-11-19(2)15-21(24)4)34-31(33-29)25-16-28(27(36)17-26(25)35)38(37)22-8-6-5-7-9-22/h5-17,35-36H,1-4H3. The fourth-order valence-corrected chi connectivity index (χ4v) is 5.55. The predicted molar refractivity (Wildman–Crippen MR) is 150 cm³/mol. The SMILES string of the molecule is Cc1ccc(-c2nc(-c3ccc(C)cc3C)nc(-c3cc([S+]([O-])c4ccccc4)c(O)cc3O)n2)c(C)c1. The van der Waals surface area contributed by atoms with E-state index in [1.54, 1.807) is 24.3 Å². The molecule has 1 unspecified atom stereocenters. The Kier molecular flexibility index (Phi) is 6.89. The third-order valence-electron chi connectivity index (χ3n) is 6.36. The van der Waals surface area contributed by atoms with Crippen molar-refractivity contribution in [2.24, 2.45) is 0 Å². The predicted octanol–water partition coefficient (Wildman–Crippen LogP) is 6.68. The third kappa shape index (κ3) is 4.98. The summed E-state index contributed by atoms with van der Waals surface area (Å²) >= 11 is -1.68. The lowest BCUT2D eigenvalue weighted by Gasteiger charge is -2.15. The highest BCUT2D eigenvalue weighted by Gasteiger charge is 2.24. The second-order valence-corrected chi connectivity index (χ2v) is 10.8. The fourth-order valence-electron chi connectivity index (χ4n) is 4.42. The highest BCUT2D eigenvalue weighted by Crippen LogP contribution is 2.39. The van der Waals surface area contributed by atoms with E-state index in [0.29, 0.717) is 16.5 Å². The first-order valence-electron chi connectivity index (χ1n) is 12.2. The van der Waals surface area contributed by atoms with Crippen molar-refractivity contribution in [2.75, 3.05) is 0 Å². The summed E-state index contributed by atoms with van der Waals surface area (Å²) in [6, 6.07) is 23.6. The third-order valence-corrected chi connectivity index (χ3v) is 7.78. The molecule has 6 nitrogen and oxygen atoms in total. The molecule has 2 N–H and O–H groups in total. The molecular formula is C31H27N3O3S. The van der Waals surface area contributed by atoms with Crippen molar-refractivity contribution >= 4 is 11.2 Å². The number of hydrogen-bond acceptors (Lipinski definition) is 6. The molecule has 5 aromatic rings. The van der Waals surface area contributed by atoms with E-state index >= 15 is 0 Å². The molecule has 0 saturated carbocycles. The molecule has 1 atom stereocenters. The maximum absolute atomic E-state index is 13.3. The zero-order chi connectivity index (χ0) is 27.0.